The molecule has 1 aromatic carbocycles. The molecule has 1 amide bonds. The number of nitrogens with zero attached hydrogens (tertiary/aromatic N) is 4. The van der Waals surface area contributed by atoms with Crippen molar-refractivity contribution in [1.82, 2.24) is 24.6 Å². The minimum absolute atomic E-state index is 0.142. The summed E-state index contributed by atoms with van der Waals surface area (Å²) >= 11 is 0. The number of hydrogen-bond acceptors (Lipinski definition) is 6. The largest absolute Gasteiger partial charge is 0.371 e. The van der Waals surface area contributed by atoms with Gasteiger partial charge >= 0.3 is 0 Å². The molecule has 0 saturated carbocycles. The van der Waals surface area contributed by atoms with Crippen molar-refractivity contribution >= 4 is 23.1 Å². The van der Waals surface area contributed by atoms with E-state index in [1.165, 1.54) is 12.1 Å². The van der Waals surface area contributed by atoms with Crippen LogP contribution in [0.4, 0.5) is 15.9 Å². The number of halogens is 1. The summed E-state index contributed by atoms with van der Waals surface area (Å²) in [6.45, 7) is 3.97. The highest BCUT2D eigenvalue weighted by molar-refractivity contribution is 6.06. The van der Waals surface area contributed by atoms with Gasteiger partial charge in [0, 0.05) is 43.1 Å². The van der Waals surface area contributed by atoms with Gasteiger partial charge in [-0.1, -0.05) is 12.1 Å². The summed E-state index contributed by atoms with van der Waals surface area (Å²) in [5, 5.41) is 6.34. The van der Waals surface area contributed by atoms with E-state index in [1.54, 1.807) is 12.4 Å². The number of fused-ring (bicyclic) bond motifs is 2. The normalized spacial score (nSPS) is 19.0. The van der Waals surface area contributed by atoms with Crippen LogP contribution in [0.1, 0.15) is 46.9 Å². The van der Waals surface area contributed by atoms with Crippen molar-refractivity contribution < 1.29 is 13.9 Å². The summed E-state index contributed by atoms with van der Waals surface area (Å²) in [6.07, 6.45) is 5.36. The molecule has 37 heavy (non-hydrogen) atoms. The van der Waals surface area contributed by atoms with E-state index < -0.39 is 0 Å². The van der Waals surface area contributed by atoms with E-state index >= 15 is 0 Å². The maximum Gasteiger partial charge on any atom is 0.254 e. The second-order valence-corrected chi connectivity index (χ2v) is 10.1. The zero-order valence-corrected chi connectivity index (χ0v) is 21.1. The Morgan fingerprint density at radius 2 is 2.11 bits per heavy atom. The Morgan fingerprint density at radius 3 is 2.89 bits per heavy atom. The van der Waals surface area contributed by atoms with Crippen LogP contribution < -0.4 is 10.6 Å². The number of amides is 1. The first kappa shape index (κ1) is 23.6. The second-order valence-electron chi connectivity index (χ2n) is 10.1. The third kappa shape index (κ3) is 4.14. The summed E-state index contributed by atoms with van der Waals surface area (Å²) in [7, 11) is 4.04. The van der Waals surface area contributed by atoms with Crippen LogP contribution in [0.2, 0.25) is 0 Å². The van der Waals surface area contributed by atoms with Crippen molar-refractivity contribution in [1.29, 1.82) is 0 Å². The molecule has 0 spiro atoms. The molecular formula is C28H29FN6O2. The average molecular weight is 501 g/mol. The number of carbonyl (C=O) groups is 1. The molecule has 5 heterocycles. The van der Waals surface area contributed by atoms with Gasteiger partial charge in [-0.3, -0.25) is 9.20 Å². The van der Waals surface area contributed by atoms with E-state index in [2.05, 4.69) is 33.5 Å². The Hall–Kier alpha value is -3.82. The maximum atomic E-state index is 13.7. The predicted molar refractivity (Wildman–Crippen MR) is 139 cm³/mol. The average Bonchev–Trinajstić information content (AvgIpc) is 3.58. The molecule has 8 nitrogen and oxygen atoms in total. The van der Waals surface area contributed by atoms with Gasteiger partial charge in [0.05, 0.1) is 34.4 Å². The van der Waals surface area contributed by atoms with Crippen LogP contribution in [-0.4, -0.2) is 45.9 Å². The predicted octanol–water partition coefficient (Wildman–Crippen LogP) is 4.61. The summed E-state index contributed by atoms with van der Waals surface area (Å²) in [5.74, 6) is 0.185. The van der Waals surface area contributed by atoms with Gasteiger partial charge in [-0.2, -0.15) is 0 Å². The summed E-state index contributed by atoms with van der Waals surface area (Å²) in [4.78, 5) is 24.3. The van der Waals surface area contributed by atoms with Crippen LogP contribution in [-0.2, 0) is 23.4 Å². The first-order valence-electron chi connectivity index (χ1n) is 12.5. The zero-order valence-electron chi connectivity index (χ0n) is 21.1. The number of carbonyl (C=O) groups excluding carboxylic acids is 1. The molecule has 4 aromatic rings. The number of pyridine rings is 2. The van der Waals surface area contributed by atoms with E-state index in [-0.39, 0.29) is 17.3 Å². The fourth-order valence-electron chi connectivity index (χ4n) is 5.45. The van der Waals surface area contributed by atoms with Gasteiger partial charge in [0.1, 0.15) is 17.3 Å². The summed E-state index contributed by atoms with van der Waals surface area (Å²) < 4.78 is 21.6. The quantitative estimate of drug-likeness (QED) is 0.402. The first-order chi connectivity index (χ1) is 17.8. The fraction of sp³-hybridized carbons (Fsp3) is 0.321. The molecule has 2 aliphatic heterocycles. The van der Waals surface area contributed by atoms with Gasteiger partial charge in [0.15, 0.2) is 0 Å². The summed E-state index contributed by atoms with van der Waals surface area (Å²) in [6, 6.07) is 10.7. The lowest BCUT2D eigenvalue weighted by Crippen LogP contribution is -2.25. The standard InChI is InChI=1S/C28H29FN6O2/c1-28(10-4-12-37-28)20-6-8-24(33-22(20)16-34(2)3)32-21-7-5-18(19-14-31-27(36)26(19)21)23-15-30-25-13-17(29)9-11-35(23)25/h5-9,11,13,15H,4,10,12,14,16H2,1-3H3,(H,31,36)(H,32,33). The van der Waals surface area contributed by atoms with Gasteiger partial charge in [0.25, 0.3) is 5.91 Å². The molecular weight excluding hydrogens is 471 g/mol. The zero-order chi connectivity index (χ0) is 25.7. The van der Waals surface area contributed by atoms with E-state index in [9.17, 15) is 9.18 Å². The molecule has 0 radical (unpaired) electrons. The molecule has 3 aromatic heterocycles. The lowest BCUT2D eigenvalue weighted by atomic mass is 9.91. The van der Waals surface area contributed by atoms with E-state index in [4.69, 9.17) is 9.72 Å². The molecule has 2 aliphatic rings. The Bertz CT molecular complexity index is 1520. The number of ether oxygens (including phenoxy) is 1. The molecule has 2 N–H and O–H groups in total. The van der Waals surface area contributed by atoms with Crippen molar-refractivity contribution in [2.75, 3.05) is 26.0 Å². The number of nitrogens with one attached hydrogen (secondary N) is 2. The van der Waals surface area contributed by atoms with Crippen LogP contribution in [0.15, 0.2) is 48.8 Å². The van der Waals surface area contributed by atoms with Gasteiger partial charge in [-0.05, 0) is 57.6 Å². The van der Waals surface area contributed by atoms with Crippen LogP contribution in [0.3, 0.4) is 0 Å². The Labute approximate surface area is 214 Å². The Balaban J connectivity index is 1.39. The van der Waals surface area contributed by atoms with Crippen LogP contribution in [0.5, 0.6) is 0 Å². The van der Waals surface area contributed by atoms with Gasteiger partial charge in [-0.15, -0.1) is 0 Å². The van der Waals surface area contributed by atoms with Crippen molar-refractivity contribution in [3.8, 4) is 11.3 Å². The minimum Gasteiger partial charge on any atom is -0.371 e. The molecule has 6 rings (SSSR count). The molecule has 1 saturated heterocycles. The summed E-state index contributed by atoms with van der Waals surface area (Å²) in [5.41, 5.74) is 6.06. The lowest BCUT2D eigenvalue weighted by Gasteiger charge is -2.27. The van der Waals surface area contributed by atoms with Crippen LogP contribution in [0, 0.1) is 5.82 Å². The van der Waals surface area contributed by atoms with E-state index in [1.807, 2.05) is 36.7 Å². The minimum atomic E-state index is -0.341. The number of benzene rings is 1. The topological polar surface area (TPSA) is 83.8 Å². The lowest BCUT2D eigenvalue weighted by molar-refractivity contribution is 0.0154. The Morgan fingerprint density at radius 1 is 1.24 bits per heavy atom. The smallest absolute Gasteiger partial charge is 0.254 e. The highest BCUT2D eigenvalue weighted by Crippen LogP contribution is 2.39. The molecule has 0 aliphatic carbocycles. The van der Waals surface area contributed by atoms with Gasteiger partial charge in [-0.25, -0.2) is 14.4 Å². The number of rotatable bonds is 6. The van der Waals surface area contributed by atoms with Gasteiger partial charge in [0.2, 0.25) is 0 Å². The third-order valence-electron chi connectivity index (χ3n) is 7.21. The Kier molecular flexibility index (Phi) is 5.69. The number of hydrogen-bond donors (Lipinski definition) is 2. The first-order valence-corrected chi connectivity index (χ1v) is 12.5. The molecule has 1 atom stereocenters. The van der Waals surface area contributed by atoms with Crippen molar-refractivity contribution in [2.45, 2.75) is 38.5 Å². The molecule has 0 bridgehead atoms. The van der Waals surface area contributed by atoms with Crippen molar-refractivity contribution in [2.24, 2.45) is 0 Å². The SMILES string of the molecule is CN(C)Cc1nc(Nc2ccc(-c3cnc4cc(F)ccn34)c3c2C(=O)NC3)ccc1C1(C)CCCO1. The highest BCUT2D eigenvalue weighted by Gasteiger charge is 2.34. The monoisotopic (exact) mass is 500 g/mol. The van der Waals surface area contributed by atoms with E-state index in [0.717, 1.165) is 47.5 Å². The molecule has 1 unspecified atom stereocenters. The number of anilines is 2. The molecule has 190 valence electrons. The fourth-order valence-corrected chi connectivity index (χ4v) is 5.45. The van der Waals surface area contributed by atoms with E-state index in [0.29, 0.717) is 35.8 Å². The van der Waals surface area contributed by atoms with Crippen molar-refractivity contribution in [3.05, 3.63) is 77.0 Å². The number of aromatic nitrogens is 3. The molecule has 9 heteroatoms. The number of imidazole rings is 1. The highest BCUT2D eigenvalue weighted by atomic mass is 19.1. The van der Waals surface area contributed by atoms with Crippen LogP contribution >= 0.6 is 0 Å². The van der Waals surface area contributed by atoms with Crippen LogP contribution in [0.25, 0.3) is 16.9 Å². The van der Waals surface area contributed by atoms with Crippen molar-refractivity contribution in [3.63, 3.8) is 0 Å². The third-order valence-corrected chi connectivity index (χ3v) is 7.21. The second kappa shape index (κ2) is 8.93. The van der Waals surface area contributed by atoms with Gasteiger partial charge < -0.3 is 20.3 Å². The maximum absolute atomic E-state index is 13.7. The molecule has 1 fully saturated rings.